The summed E-state index contributed by atoms with van der Waals surface area (Å²) in [7, 11) is 0. The van der Waals surface area contributed by atoms with Crippen LogP contribution < -0.4 is 10.1 Å². The van der Waals surface area contributed by atoms with Crippen molar-refractivity contribution in [1.29, 1.82) is 0 Å². The minimum atomic E-state index is -0.212. The van der Waals surface area contributed by atoms with Gasteiger partial charge in [-0.3, -0.25) is 10.1 Å². The van der Waals surface area contributed by atoms with Crippen LogP contribution in [0.15, 0.2) is 66.9 Å². The van der Waals surface area contributed by atoms with Gasteiger partial charge in [0.05, 0.1) is 0 Å². The number of amides is 1. The Morgan fingerprint density at radius 3 is 2.76 bits per heavy atom. The smallest absolute Gasteiger partial charge is 0.264 e. The van der Waals surface area contributed by atoms with E-state index in [1.807, 2.05) is 44.3 Å². The van der Waals surface area contributed by atoms with Crippen molar-refractivity contribution in [2.45, 2.75) is 20.3 Å². The molecule has 1 aromatic heterocycles. The van der Waals surface area contributed by atoms with Crippen molar-refractivity contribution in [1.82, 2.24) is 4.98 Å². The SMILES string of the molecule is Cc1ccc(OCC(=O)Nc2ncc(Cc3cccc4ccccc34)s2)c(C)c1. The molecule has 0 saturated heterocycles. The number of aryl methyl sites for hydroxylation is 2. The van der Waals surface area contributed by atoms with Crippen molar-refractivity contribution in [2.75, 3.05) is 11.9 Å². The molecule has 4 nitrogen and oxygen atoms in total. The monoisotopic (exact) mass is 402 g/mol. The number of carbonyl (C=O) groups excluding carboxylic acids is 1. The Balaban J connectivity index is 1.38. The number of carbonyl (C=O) groups is 1. The first kappa shape index (κ1) is 19.2. The van der Waals surface area contributed by atoms with Crippen molar-refractivity contribution in [3.8, 4) is 5.75 Å². The molecule has 0 aliphatic heterocycles. The average molecular weight is 403 g/mol. The molecule has 146 valence electrons. The lowest BCUT2D eigenvalue weighted by atomic mass is 10.0. The number of ether oxygens (including phenoxy) is 1. The molecule has 5 heteroatoms. The van der Waals surface area contributed by atoms with E-state index < -0.39 is 0 Å². The first-order valence-electron chi connectivity index (χ1n) is 9.50. The van der Waals surface area contributed by atoms with Crippen LogP contribution in [-0.4, -0.2) is 17.5 Å². The van der Waals surface area contributed by atoms with E-state index in [9.17, 15) is 4.79 Å². The maximum atomic E-state index is 12.2. The highest BCUT2D eigenvalue weighted by Crippen LogP contribution is 2.25. The van der Waals surface area contributed by atoms with E-state index in [2.05, 4.69) is 46.7 Å². The highest BCUT2D eigenvalue weighted by atomic mass is 32.1. The van der Waals surface area contributed by atoms with Crippen LogP contribution in [0.4, 0.5) is 5.13 Å². The number of rotatable bonds is 6. The van der Waals surface area contributed by atoms with Crippen LogP contribution in [0.3, 0.4) is 0 Å². The Bertz CT molecular complexity index is 1160. The number of aromatic nitrogens is 1. The van der Waals surface area contributed by atoms with Crippen LogP contribution in [0.1, 0.15) is 21.6 Å². The summed E-state index contributed by atoms with van der Waals surface area (Å²) in [5, 5.41) is 5.90. The van der Waals surface area contributed by atoms with Crippen LogP contribution in [0.5, 0.6) is 5.75 Å². The predicted octanol–water partition coefficient (Wildman–Crippen LogP) is 5.52. The number of fused-ring (bicyclic) bond motifs is 1. The molecule has 3 aromatic carbocycles. The number of benzene rings is 3. The average Bonchev–Trinajstić information content (AvgIpc) is 3.14. The van der Waals surface area contributed by atoms with Crippen LogP contribution in [-0.2, 0) is 11.2 Å². The summed E-state index contributed by atoms with van der Waals surface area (Å²) in [5.74, 6) is 0.512. The summed E-state index contributed by atoms with van der Waals surface area (Å²) in [6.07, 6.45) is 2.61. The van der Waals surface area contributed by atoms with Crippen LogP contribution in [0.25, 0.3) is 10.8 Å². The van der Waals surface area contributed by atoms with Crippen molar-refractivity contribution in [3.05, 3.63) is 88.4 Å². The van der Waals surface area contributed by atoms with Crippen LogP contribution in [0, 0.1) is 13.8 Å². The fourth-order valence-electron chi connectivity index (χ4n) is 3.34. The van der Waals surface area contributed by atoms with Crippen LogP contribution >= 0.6 is 11.3 Å². The summed E-state index contributed by atoms with van der Waals surface area (Å²) in [6.45, 7) is 3.96. The van der Waals surface area contributed by atoms with Crippen LogP contribution in [0.2, 0.25) is 0 Å². The second kappa shape index (κ2) is 8.45. The molecule has 0 bridgehead atoms. The first-order valence-corrected chi connectivity index (χ1v) is 10.3. The van der Waals surface area contributed by atoms with E-state index in [4.69, 9.17) is 4.74 Å². The highest BCUT2D eigenvalue weighted by molar-refractivity contribution is 7.15. The van der Waals surface area contributed by atoms with Gasteiger partial charge >= 0.3 is 0 Å². The van der Waals surface area contributed by atoms with Gasteiger partial charge in [-0.05, 0) is 41.8 Å². The Morgan fingerprint density at radius 2 is 1.90 bits per heavy atom. The Morgan fingerprint density at radius 1 is 1.07 bits per heavy atom. The van der Waals surface area contributed by atoms with Gasteiger partial charge in [-0.1, -0.05) is 60.2 Å². The predicted molar refractivity (Wildman–Crippen MR) is 119 cm³/mol. The lowest BCUT2D eigenvalue weighted by Gasteiger charge is -2.09. The molecule has 1 amide bonds. The number of hydrogen-bond donors (Lipinski definition) is 1. The molecule has 4 rings (SSSR count). The molecule has 0 saturated carbocycles. The van der Waals surface area contributed by atoms with Gasteiger partial charge in [0.25, 0.3) is 5.91 Å². The Labute approximate surface area is 174 Å². The van der Waals surface area contributed by atoms with Gasteiger partial charge in [-0.2, -0.15) is 0 Å². The lowest BCUT2D eigenvalue weighted by Crippen LogP contribution is -2.20. The second-order valence-electron chi connectivity index (χ2n) is 7.05. The quantitative estimate of drug-likeness (QED) is 0.462. The van der Waals surface area contributed by atoms with Gasteiger partial charge < -0.3 is 4.74 Å². The van der Waals surface area contributed by atoms with Crippen molar-refractivity contribution in [3.63, 3.8) is 0 Å². The molecule has 29 heavy (non-hydrogen) atoms. The topological polar surface area (TPSA) is 51.2 Å². The molecular formula is C24H22N2O2S. The first-order chi connectivity index (χ1) is 14.1. The molecule has 0 unspecified atom stereocenters. The Kier molecular flexibility index (Phi) is 5.58. The van der Waals surface area contributed by atoms with Crippen molar-refractivity contribution >= 4 is 33.1 Å². The van der Waals surface area contributed by atoms with Gasteiger partial charge in [0.15, 0.2) is 11.7 Å². The summed E-state index contributed by atoms with van der Waals surface area (Å²) in [5.41, 5.74) is 3.44. The van der Waals surface area contributed by atoms with E-state index in [1.165, 1.54) is 33.2 Å². The molecule has 0 atom stereocenters. The zero-order valence-corrected chi connectivity index (χ0v) is 17.3. The van der Waals surface area contributed by atoms with Crippen molar-refractivity contribution in [2.24, 2.45) is 0 Å². The largest absolute Gasteiger partial charge is 0.483 e. The molecule has 4 aromatic rings. The third-order valence-corrected chi connectivity index (χ3v) is 5.65. The number of hydrogen-bond acceptors (Lipinski definition) is 4. The second-order valence-corrected chi connectivity index (χ2v) is 8.17. The van der Waals surface area contributed by atoms with E-state index in [1.54, 1.807) is 0 Å². The standard InChI is InChI=1S/C24H22N2O2S/c1-16-10-11-22(17(2)12-16)28-15-23(27)26-24-25-14-20(29-24)13-19-8-5-7-18-6-3-4-9-21(18)19/h3-12,14H,13,15H2,1-2H3,(H,25,26,27). The van der Waals surface area contributed by atoms with Gasteiger partial charge in [-0.25, -0.2) is 4.98 Å². The minimum Gasteiger partial charge on any atom is -0.483 e. The summed E-state index contributed by atoms with van der Waals surface area (Å²) < 4.78 is 5.64. The molecule has 1 N–H and O–H groups in total. The zero-order chi connectivity index (χ0) is 20.2. The molecule has 0 aliphatic rings. The fraction of sp³-hybridized carbons (Fsp3) is 0.167. The maximum absolute atomic E-state index is 12.2. The van der Waals surface area contributed by atoms with Gasteiger partial charge in [0, 0.05) is 17.5 Å². The minimum absolute atomic E-state index is 0.0395. The summed E-state index contributed by atoms with van der Waals surface area (Å²) in [6, 6.07) is 20.6. The number of nitrogens with zero attached hydrogens (tertiary/aromatic N) is 1. The normalized spacial score (nSPS) is 10.8. The van der Waals surface area contributed by atoms with E-state index in [0.29, 0.717) is 5.13 Å². The zero-order valence-electron chi connectivity index (χ0n) is 16.4. The molecule has 0 aliphatic carbocycles. The number of nitrogens with one attached hydrogen (secondary N) is 1. The number of anilines is 1. The van der Waals surface area contributed by atoms with Gasteiger partial charge in [0.1, 0.15) is 5.75 Å². The van der Waals surface area contributed by atoms with E-state index in [-0.39, 0.29) is 12.5 Å². The summed E-state index contributed by atoms with van der Waals surface area (Å²) in [4.78, 5) is 17.7. The molecular weight excluding hydrogens is 380 g/mol. The molecule has 0 spiro atoms. The van der Waals surface area contributed by atoms with E-state index >= 15 is 0 Å². The fourth-order valence-corrected chi connectivity index (χ4v) is 4.19. The number of thiazole rings is 1. The molecule has 0 radical (unpaired) electrons. The van der Waals surface area contributed by atoms with Crippen molar-refractivity contribution < 1.29 is 9.53 Å². The van der Waals surface area contributed by atoms with Gasteiger partial charge in [0.2, 0.25) is 0 Å². The summed E-state index contributed by atoms with van der Waals surface area (Å²) >= 11 is 1.49. The van der Waals surface area contributed by atoms with E-state index in [0.717, 1.165) is 22.6 Å². The maximum Gasteiger partial charge on any atom is 0.264 e. The lowest BCUT2D eigenvalue weighted by molar-refractivity contribution is -0.118. The van der Waals surface area contributed by atoms with Gasteiger partial charge in [-0.15, -0.1) is 11.3 Å². The molecule has 0 fully saturated rings. The highest BCUT2D eigenvalue weighted by Gasteiger charge is 2.10. The third-order valence-electron chi connectivity index (χ3n) is 4.73. The molecule has 1 heterocycles. The Hall–Kier alpha value is -3.18. The third kappa shape index (κ3) is 4.63.